The second-order valence-electron chi connectivity index (χ2n) is 6.76. The van der Waals surface area contributed by atoms with Crippen LogP contribution in [0.3, 0.4) is 0 Å². The van der Waals surface area contributed by atoms with Crippen LogP contribution in [0.1, 0.15) is 17.2 Å². The molecule has 0 bridgehead atoms. The number of pyridine rings is 1. The van der Waals surface area contributed by atoms with Crippen LogP contribution < -0.4 is 9.64 Å². The molecule has 2 heterocycles. The van der Waals surface area contributed by atoms with E-state index in [1.165, 1.54) is 49.7 Å². The number of hydrogen-bond donors (Lipinski definition) is 1. The summed E-state index contributed by atoms with van der Waals surface area (Å²) in [5, 5.41) is 11.2. The Hall–Kier alpha value is -3.71. The number of ketones is 1. The van der Waals surface area contributed by atoms with Crippen LogP contribution in [0.25, 0.3) is 5.76 Å². The Bertz CT molecular complexity index is 1210. The highest BCUT2D eigenvalue weighted by molar-refractivity contribution is 6.51. The van der Waals surface area contributed by atoms with Crippen molar-refractivity contribution < 1.29 is 23.8 Å². The van der Waals surface area contributed by atoms with Crippen molar-refractivity contribution in [3.63, 3.8) is 0 Å². The number of aliphatic hydroxyl groups is 1. The molecule has 0 spiro atoms. The molecule has 6 nitrogen and oxygen atoms in total. The number of carbonyl (C=O) groups is 2. The average molecular weight is 439 g/mol. The maximum Gasteiger partial charge on any atom is 0.301 e. The Labute approximate surface area is 182 Å². The van der Waals surface area contributed by atoms with Gasteiger partial charge in [-0.15, -0.1) is 0 Å². The van der Waals surface area contributed by atoms with Crippen molar-refractivity contribution in [2.75, 3.05) is 12.0 Å². The van der Waals surface area contributed by atoms with E-state index >= 15 is 0 Å². The van der Waals surface area contributed by atoms with E-state index in [1.807, 2.05) is 0 Å². The fraction of sp³-hybridized carbons (Fsp3) is 0.0870. The summed E-state index contributed by atoms with van der Waals surface area (Å²) in [4.78, 5) is 31.2. The monoisotopic (exact) mass is 438 g/mol. The number of ether oxygens (including phenoxy) is 1. The molecule has 1 amide bonds. The van der Waals surface area contributed by atoms with Crippen molar-refractivity contribution in [2.45, 2.75) is 6.04 Å². The van der Waals surface area contributed by atoms with Gasteiger partial charge in [0.25, 0.3) is 5.78 Å². The van der Waals surface area contributed by atoms with Crippen molar-refractivity contribution >= 4 is 34.9 Å². The quantitative estimate of drug-likeness (QED) is 0.368. The van der Waals surface area contributed by atoms with E-state index in [9.17, 15) is 19.1 Å². The number of carbonyl (C=O) groups excluding carboxylic acids is 2. The first-order valence-corrected chi connectivity index (χ1v) is 9.61. The van der Waals surface area contributed by atoms with E-state index in [1.54, 1.807) is 24.3 Å². The number of hydrogen-bond acceptors (Lipinski definition) is 5. The van der Waals surface area contributed by atoms with Crippen LogP contribution in [0.4, 0.5) is 10.2 Å². The van der Waals surface area contributed by atoms with Gasteiger partial charge in [-0.3, -0.25) is 14.5 Å². The Morgan fingerprint density at radius 2 is 1.94 bits per heavy atom. The summed E-state index contributed by atoms with van der Waals surface area (Å²) in [7, 11) is 1.45. The van der Waals surface area contributed by atoms with Gasteiger partial charge in [0, 0.05) is 11.8 Å². The predicted octanol–water partition coefficient (Wildman–Crippen LogP) is 4.51. The van der Waals surface area contributed by atoms with E-state index in [2.05, 4.69) is 4.98 Å². The topological polar surface area (TPSA) is 79.7 Å². The second-order valence-corrected chi connectivity index (χ2v) is 7.17. The number of Topliss-reactive ketones (excluding diaryl/α,β-unsaturated/α-hetero) is 1. The van der Waals surface area contributed by atoms with Crippen molar-refractivity contribution in [1.29, 1.82) is 0 Å². The Kier molecular flexibility index (Phi) is 5.44. The van der Waals surface area contributed by atoms with Crippen LogP contribution in [0.15, 0.2) is 72.4 Å². The average Bonchev–Trinajstić information content (AvgIpc) is 3.04. The molecule has 1 saturated heterocycles. The van der Waals surface area contributed by atoms with Gasteiger partial charge < -0.3 is 9.84 Å². The minimum atomic E-state index is -1.08. The molecule has 1 aromatic heterocycles. The van der Waals surface area contributed by atoms with Gasteiger partial charge >= 0.3 is 5.91 Å². The fourth-order valence-electron chi connectivity index (χ4n) is 3.53. The lowest BCUT2D eigenvalue weighted by molar-refractivity contribution is -0.132. The molecule has 1 aliphatic heterocycles. The predicted molar refractivity (Wildman–Crippen MR) is 113 cm³/mol. The van der Waals surface area contributed by atoms with Crippen LogP contribution in [-0.4, -0.2) is 28.9 Å². The molecule has 0 aliphatic carbocycles. The molecule has 4 rings (SSSR count). The van der Waals surface area contributed by atoms with Crippen molar-refractivity contribution in [3.05, 3.63) is 94.4 Å². The lowest BCUT2D eigenvalue weighted by atomic mass is 9.95. The summed E-state index contributed by atoms with van der Waals surface area (Å²) in [5.74, 6) is -2.19. The number of benzene rings is 2. The van der Waals surface area contributed by atoms with Gasteiger partial charge in [0.1, 0.15) is 23.1 Å². The zero-order valence-electron chi connectivity index (χ0n) is 16.3. The number of aliphatic hydroxyl groups excluding tert-OH is 1. The van der Waals surface area contributed by atoms with Gasteiger partial charge in [-0.2, -0.15) is 0 Å². The van der Waals surface area contributed by atoms with Crippen molar-refractivity contribution in [2.24, 2.45) is 0 Å². The summed E-state index contributed by atoms with van der Waals surface area (Å²) in [6.07, 6.45) is 1.47. The van der Waals surface area contributed by atoms with Gasteiger partial charge in [-0.1, -0.05) is 29.8 Å². The largest absolute Gasteiger partial charge is 0.507 e. The molecule has 2 aromatic carbocycles. The minimum absolute atomic E-state index is 0.192. The molecule has 3 aromatic rings. The molecule has 1 aliphatic rings. The van der Waals surface area contributed by atoms with Crippen LogP contribution >= 0.6 is 11.6 Å². The molecule has 0 radical (unpaired) electrons. The lowest BCUT2D eigenvalue weighted by Crippen LogP contribution is -2.30. The second kappa shape index (κ2) is 8.20. The van der Waals surface area contributed by atoms with Gasteiger partial charge in [0.15, 0.2) is 0 Å². The molecular formula is C23H16ClFN2O4. The number of rotatable bonds is 4. The number of methoxy groups -OCH3 is 1. The smallest absolute Gasteiger partial charge is 0.301 e. The number of halogens is 2. The van der Waals surface area contributed by atoms with Crippen LogP contribution in [0, 0.1) is 5.82 Å². The molecular weight excluding hydrogens is 423 g/mol. The first kappa shape index (κ1) is 20.6. The van der Waals surface area contributed by atoms with E-state index in [4.69, 9.17) is 16.3 Å². The first-order chi connectivity index (χ1) is 14.9. The summed E-state index contributed by atoms with van der Waals surface area (Å²) in [5.41, 5.74) is 0.333. The molecule has 31 heavy (non-hydrogen) atoms. The van der Waals surface area contributed by atoms with Crippen molar-refractivity contribution in [1.82, 2.24) is 4.98 Å². The Morgan fingerprint density at radius 3 is 2.58 bits per heavy atom. The standard InChI is InChI=1S/C23H16ClFN2O4/c1-31-17-9-8-14(12-16(17)24)21(28)19-20(13-5-4-6-15(25)11-13)27(23(30)22(19)29)18-7-2-3-10-26-18/h2-12,20,28H,1H3/b21-19+/t20-/m1/s1. The first-order valence-electron chi connectivity index (χ1n) is 9.23. The Morgan fingerprint density at radius 1 is 1.13 bits per heavy atom. The highest BCUT2D eigenvalue weighted by Crippen LogP contribution is 2.42. The van der Waals surface area contributed by atoms with Gasteiger partial charge in [0.2, 0.25) is 0 Å². The highest BCUT2D eigenvalue weighted by atomic mass is 35.5. The minimum Gasteiger partial charge on any atom is -0.507 e. The highest BCUT2D eigenvalue weighted by Gasteiger charge is 2.47. The number of amides is 1. The summed E-state index contributed by atoms with van der Waals surface area (Å²) < 4.78 is 19.1. The molecule has 1 N–H and O–H groups in total. The van der Waals surface area contributed by atoms with E-state index in [-0.39, 0.29) is 22.0 Å². The summed E-state index contributed by atoms with van der Waals surface area (Å²) in [6.45, 7) is 0. The molecule has 0 unspecified atom stereocenters. The van der Waals surface area contributed by atoms with Crippen LogP contribution in [0.2, 0.25) is 5.02 Å². The maximum absolute atomic E-state index is 14.0. The molecule has 0 saturated carbocycles. The van der Waals surface area contributed by atoms with Gasteiger partial charge in [-0.25, -0.2) is 9.37 Å². The lowest BCUT2D eigenvalue weighted by Gasteiger charge is -2.24. The fourth-order valence-corrected chi connectivity index (χ4v) is 3.78. The summed E-state index contributed by atoms with van der Waals surface area (Å²) >= 11 is 6.16. The van der Waals surface area contributed by atoms with Gasteiger partial charge in [-0.05, 0) is 48.0 Å². The zero-order chi connectivity index (χ0) is 22.1. The SMILES string of the molecule is COc1ccc(/C(O)=C2\C(=O)C(=O)N(c3ccccn3)[C@@H]2c2cccc(F)c2)cc1Cl. The zero-order valence-corrected chi connectivity index (χ0v) is 17.0. The third-order valence-electron chi connectivity index (χ3n) is 4.93. The van der Waals surface area contributed by atoms with E-state index in [0.717, 1.165) is 4.90 Å². The van der Waals surface area contributed by atoms with Gasteiger partial charge in [0.05, 0.1) is 23.7 Å². The number of aromatic nitrogens is 1. The number of nitrogens with zero attached hydrogens (tertiary/aromatic N) is 2. The summed E-state index contributed by atoms with van der Waals surface area (Å²) in [6, 6.07) is 13.8. The van der Waals surface area contributed by atoms with Crippen molar-refractivity contribution in [3.8, 4) is 5.75 Å². The third kappa shape index (κ3) is 3.64. The number of anilines is 1. The third-order valence-corrected chi connectivity index (χ3v) is 5.23. The van der Waals surface area contributed by atoms with E-state index in [0.29, 0.717) is 11.3 Å². The maximum atomic E-state index is 14.0. The molecule has 1 fully saturated rings. The normalized spacial score (nSPS) is 17.8. The molecule has 156 valence electrons. The van der Waals surface area contributed by atoms with Crippen LogP contribution in [-0.2, 0) is 9.59 Å². The molecule has 1 atom stereocenters. The Balaban J connectivity index is 1.94. The van der Waals surface area contributed by atoms with Crippen LogP contribution in [0.5, 0.6) is 5.75 Å². The van der Waals surface area contributed by atoms with E-state index < -0.39 is 29.3 Å². The molecule has 8 heteroatoms.